The lowest BCUT2D eigenvalue weighted by Gasteiger charge is -2.12. The molecule has 5 nitrogen and oxygen atoms in total. The summed E-state index contributed by atoms with van der Waals surface area (Å²) < 4.78 is 66.1. The molecule has 3 rings (SSSR count). The van der Waals surface area contributed by atoms with Gasteiger partial charge in [-0.1, -0.05) is 18.2 Å². The predicted molar refractivity (Wildman–Crippen MR) is 105 cm³/mol. The topological polar surface area (TPSA) is 70.2 Å². The first-order valence-electron chi connectivity index (χ1n) is 8.74. The van der Waals surface area contributed by atoms with E-state index in [9.17, 15) is 31.5 Å². The summed E-state index contributed by atoms with van der Waals surface area (Å²) in [4.78, 5) is 24.3. The summed E-state index contributed by atoms with van der Waals surface area (Å²) in [5.74, 6) is -2.54. The number of hydrogen-bond donors (Lipinski definition) is 3. The van der Waals surface area contributed by atoms with Crippen molar-refractivity contribution in [2.24, 2.45) is 0 Å². The molecule has 160 valence electrons. The van der Waals surface area contributed by atoms with Crippen LogP contribution in [-0.2, 0) is 6.18 Å². The van der Waals surface area contributed by atoms with Crippen molar-refractivity contribution in [1.29, 1.82) is 0 Å². The first-order chi connectivity index (χ1) is 14.6. The molecule has 0 aromatic heterocycles. The van der Waals surface area contributed by atoms with E-state index in [1.165, 1.54) is 30.3 Å². The van der Waals surface area contributed by atoms with Crippen molar-refractivity contribution in [2.75, 3.05) is 16.0 Å². The van der Waals surface area contributed by atoms with Crippen LogP contribution >= 0.6 is 0 Å². The summed E-state index contributed by atoms with van der Waals surface area (Å²) in [7, 11) is 0. The first-order valence-corrected chi connectivity index (χ1v) is 8.74. The highest BCUT2D eigenvalue weighted by Gasteiger charge is 2.30. The van der Waals surface area contributed by atoms with E-state index in [0.717, 1.165) is 36.4 Å². The number of alkyl halides is 3. The average molecular weight is 435 g/mol. The number of nitrogens with one attached hydrogen (secondary N) is 3. The molecule has 0 saturated heterocycles. The van der Waals surface area contributed by atoms with Crippen molar-refractivity contribution >= 4 is 29.0 Å². The van der Waals surface area contributed by atoms with Crippen LogP contribution in [0.1, 0.15) is 15.9 Å². The monoisotopic (exact) mass is 435 g/mol. The number of rotatable bonds is 4. The molecular formula is C21H14F5N3O2. The van der Waals surface area contributed by atoms with Gasteiger partial charge in [-0.15, -0.1) is 0 Å². The molecule has 10 heteroatoms. The van der Waals surface area contributed by atoms with Crippen LogP contribution in [-0.4, -0.2) is 11.9 Å². The van der Waals surface area contributed by atoms with Gasteiger partial charge in [-0.25, -0.2) is 13.6 Å². The van der Waals surface area contributed by atoms with Gasteiger partial charge in [0.25, 0.3) is 5.91 Å². The Morgan fingerprint density at radius 2 is 1.39 bits per heavy atom. The molecule has 0 aliphatic rings. The van der Waals surface area contributed by atoms with Crippen molar-refractivity contribution in [2.45, 2.75) is 6.18 Å². The molecule has 31 heavy (non-hydrogen) atoms. The van der Waals surface area contributed by atoms with Crippen LogP contribution in [0.3, 0.4) is 0 Å². The first kappa shape index (κ1) is 21.8. The Kier molecular flexibility index (Phi) is 6.19. The lowest BCUT2D eigenvalue weighted by molar-refractivity contribution is -0.137. The van der Waals surface area contributed by atoms with Crippen LogP contribution in [0.15, 0.2) is 66.7 Å². The minimum absolute atomic E-state index is 0.0368. The van der Waals surface area contributed by atoms with Crippen LogP contribution in [0.25, 0.3) is 0 Å². The lowest BCUT2D eigenvalue weighted by atomic mass is 10.2. The van der Waals surface area contributed by atoms with E-state index >= 15 is 0 Å². The normalized spacial score (nSPS) is 11.0. The third-order valence-electron chi connectivity index (χ3n) is 4.04. The van der Waals surface area contributed by atoms with Gasteiger partial charge >= 0.3 is 12.2 Å². The fraction of sp³-hybridized carbons (Fsp3) is 0.0476. The fourth-order valence-electron chi connectivity index (χ4n) is 2.60. The molecule has 0 spiro atoms. The third-order valence-corrected chi connectivity index (χ3v) is 4.04. The van der Waals surface area contributed by atoms with Gasteiger partial charge in [0.05, 0.1) is 16.8 Å². The molecule has 0 fully saturated rings. The Morgan fingerprint density at radius 1 is 0.710 bits per heavy atom. The molecular weight excluding hydrogens is 421 g/mol. The molecule has 3 N–H and O–H groups in total. The summed E-state index contributed by atoms with van der Waals surface area (Å²) >= 11 is 0. The largest absolute Gasteiger partial charge is 0.416 e. The molecule has 0 heterocycles. The van der Waals surface area contributed by atoms with Crippen LogP contribution in [0, 0.1) is 11.6 Å². The zero-order valence-corrected chi connectivity index (χ0v) is 15.6. The van der Waals surface area contributed by atoms with E-state index in [1.807, 2.05) is 0 Å². The second-order valence-electron chi connectivity index (χ2n) is 6.29. The number of halogens is 5. The maximum Gasteiger partial charge on any atom is 0.416 e. The minimum Gasteiger partial charge on any atom is -0.319 e. The smallest absolute Gasteiger partial charge is 0.319 e. The van der Waals surface area contributed by atoms with Crippen LogP contribution < -0.4 is 16.0 Å². The van der Waals surface area contributed by atoms with Gasteiger partial charge in [0.1, 0.15) is 11.6 Å². The number of anilines is 3. The summed E-state index contributed by atoms with van der Waals surface area (Å²) in [5.41, 5.74) is -1.64. The Balaban J connectivity index is 1.71. The van der Waals surface area contributed by atoms with E-state index in [-0.39, 0.29) is 22.6 Å². The van der Waals surface area contributed by atoms with Crippen molar-refractivity contribution in [3.63, 3.8) is 0 Å². The second-order valence-corrected chi connectivity index (χ2v) is 6.29. The predicted octanol–water partition coefficient (Wildman–Crippen LogP) is 5.88. The molecule has 0 aliphatic heterocycles. The number of urea groups is 1. The number of carbonyl (C=O) groups excluding carboxylic acids is 2. The van der Waals surface area contributed by atoms with Gasteiger partial charge in [0, 0.05) is 11.4 Å². The molecule has 0 saturated carbocycles. The SMILES string of the molecule is O=C(Nc1cccc(C(F)(F)F)c1)Nc1ccc(F)c(NC(=O)c2ccccc2F)c1. The number of benzene rings is 3. The van der Waals surface area contributed by atoms with Crippen LogP contribution in [0.2, 0.25) is 0 Å². The van der Waals surface area contributed by atoms with Gasteiger partial charge in [-0.3, -0.25) is 4.79 Å². The summed E-state index contributed by atoms with van der Waals surface area (Å²) in [6, 6.07) is 11.4. The van der Waals surface area contributed by atoms with E-state index in [2.05, 4.69) is 16.0 Å². The Labute approximate surface area is 172 Å². The molecule has 3 aromatic rings. The average Bonchev–Trinajstić information content (AvgIpc) is 2.70. The summed E-state index contributed by atoms with van der Waals surface area (Å²) in [6.45, 7) is 0. The lowest BCUT2D eigenvalue weighted by Crippen LogP contribution is -2.20. The summed E-state index contributed by atoms with van der Waals surface area (Å²) in [6.07, 6.45) is -4.57. The maximum atomic E-state index is 14.0. The number of hydrogen-bond acceptors (Lipinski definition) is 2. The third kappa shape index (κ3) is 5.56. The van der Waals surface area contributed by atoms with Crippen LogP contribution in [0.5, 0.6) is 0 Å². The van der Waals surface area contributed by atoms with Crippen molar-refractivity contribution in [3.05, 3.63) is 89.5 Å². The van der Waals surface area contributed by atoms with Gasteiger partial charge in [-0.05, 0) is 48.5 Å². The molecule has 3 amide bonds. The molecule has 0 atom stereocenters. The highest BCUT2D eigenvalue weighted by molar-refractivity contribution is 6.05. The zero-order valence-electron chi connectivity index (χ0n) is 15.6. The van der Waals surface area contributed by atoms with Crippen LogP contribution in [0.4, 0.5) is 43.8 Å². The Morgan fingerprint density at radius 3 is 2.06 bits per heavy atom. The van der Waals surface area contributed by atoms with Gasteiger partial charge < -0.3 is 16.0 Å². The van der Waals surface area contributed by atoms with Crippen molar-refractivity contribution in [3.8, 4) is 0 Å². The fourth-order valence-corrected chi connectivity index (χ4v) is 2.60. The van der Waals surface area contributed by atoms with E-state index < -0.39 is 35.3 Å². The van der Waals surface area contributed by atoms with E-state index in [1.54, 1.807) is 0 Å². The van der Waals surface area contributed by atoms with Gasteiger partial charge in [-0.2, -0.15) is 13.2 Å². The highest BCUT2D eigenvalue weighted by atomic mass is 19.4. The molecule has 0 aliphatic carbocycles. The van der Waals surface area contributed by atoms with Gasteiger partial charge in [0.2, 0.25) is 0 Å². The van der Waals surface area contributed by atoms with Crippen molar-refractivity contribution < 1.29 is 31.5 Å². The molecule has 3 aromatic carbocycles. The Bertz CT molecular complexity index is 1130. The minimum atomic E-state index is -4.57. The number of carbonyl (C=O) groups is 2. The Hall–Kier alpha value is -3.95. The van der Waals surface area contributed by atoms with Gasteiger partial charge in [0.15, 0.2) is 0 Å². The summed E-state index contributed by atoms with van der Waals surface area (Å²) in [5, 5.41) is 6.75. The molecule has 0 bridgehead atoms. The second kappa shape index (κ2) is 8.82. The van der Waals surface area contributed by atoms with E-state index in [0.29, 0.717) is 0 Å². The zero-order chi connectivity index (χ0) is 22.6. The molecule has 0 unspecified atom stereocenters. The standard InChI is InChI=1S/C21H14F5N3O2/c22-16-7-2-1-6-15(16)19(30)29-18-11-14(8-9-17(18)23)28-20(31)27-13-5-3-4-12(10-13)21(24,25)26/h1-11H,(H,29,30)(H2,27,28,31). The van der Waals surface area contributed by atoms with Crippen molar-refractivity contribution in [1.82, 2.24) is 0 Å². The van der Waals surface area contributed by atoms with E-state index in [4.69, 9.17) is 0 Å². The number of amides is 3. The highest BCUT2D eigenvalue weighted by Crippen LogP contribution is 2.30. The molecule has 0 radical (unpaired) electrons. The quantitative estimate of drug-likeness (QED) is 0.448. The maximum absolute atomic E-state index is 14.0.